The second-order valence-corrected chi connectivity index (χ2v) is 6.12. The minimum atomic E-state index is -4.26. The van der Waals surface area contributed by atoms with Crippen LogP contribution in [-0.2, 0) is 14.0 Å². The highest BCUT2D eigenvalue weighted by atomic mass is 31.2. The number of anilines is 2. The van der Waals surface area contributed by atoms with Crippen molar-refractivity contribution < 1.29 is 23.8 Å². The number of rotatable bonds is 4. The fraction of sp³-hybridized carbons (Fsp3) is 0.300. The van der Waals surface area contributed by atoms with Gasteiger partial charge in [-0.2, -0.15) is 9.97 Å². The highest BCUT2D eigenvalue weighted by molar-refractivity contribution is 7.51. The van der Waals surface area contributed by atoms with Gasteiger partial charge in [-0.15, -0.1) is 0 Å². The van der Waals surface area contributed by atoms with Crippen molar-refractivity contribution in [2.75, 3.05) is 17.8 Å². The SMILES string of the molecule is Nc1nc(N)c2ncn(C3C=CC(OCP(=O)(O)O)O3)c2n1. The van der Waals surface area contributed by atoms with E-state index in [2.05, 4.69) is 15.0 Å². The first-order chi connectivity index (χ1) is 10.3. The Morgan fingerprint density at radius 2 is 2.14 bits per heavy atom. The van der Waals surface area contributed by atoms with Gasteiger partial charge < -0.3 is 30.7 Å². The number of ether oxygens (including phenoxy) is 2. The molecule has 6 N–H and O–H groups in total. The van der Waals surface area contributed by atoms with Gasteiger partial charge in [0.15, 0.2) is 30.3 Å². The fourth-order valence-corrected chi connectivity index (χ4v) is 2.32. The molecule has 22 heavy (non-hydrogen) atoms. The molecule has 3 heterocycles. The largest absolute Gasteiger partial charge is 0.382 e. The van der Waals surface area contributed by atoms with Crippen molar-refractivity contribution in [3.05, 3.63) is 18.5 Å². The molecule has 1 aliphatic rings. The number of nitrogens with zero attached hydrogens (tertiary/aromatic N) is 4. The van der Waals surface area contributed by atoms with Gasteiger partial charge in [0.2, 0.25) is 5.95 Å². The normalized spacial score (nSPS) is 21.7. The van der Waals surface area contributed by atoms with Crippen molar-refractivity contribution in [2.45, 2.75) is 12.5 Å². The lowest BCUT2D eigenvalue weighted by Gasteiger charge is -2.16. The van der Waals surface area contributed by atoms with E-state index < -0.39 is 26.5 Å². The summed E-state index contributed by atoms with van der Waals surface area (Å²) in [5.41, 5.74) is 12.0. The van der Waals surface area contributed by atoms with Crippen LogP contribution in [0.15, 0.2) is 18.5 Å². The molecule has 0 aromatic carbocycles. The third-order valence-electron chi connectivity index (χ3n) is 2.85. The number of hydrogen-bond donors (Lipinski definition) is 4. The zero-order valence-electron chi connectivity index (χ0n) is 11.1. The minimum Gasteiger partial charge on any atom is -0.382 e. The molecule has 0 radical (unpaired) electrons. The van der Waals surface area contributed by atoms with Gasteiger partial charge in [-0.3, -0.25) is 9.13 Å². The fourth-order valence-electron chi connectivity index (χ4n) is 1.98. The molecule has 2 aromatic rings. The van der Waals surface area contributed by atoms with Gasteiger partial charge in [-0.05, 0) is 12.2 Å². The van der Waals surface area contributed by atoms with Crippen LogP contribution in [-0.4, -0.2) is 41.9 Å². The first-order valence-electron chi connectivity index (χ1n) is 6.09. The summed E-state index contributed by atoms with van der Waals surface area (Å²) in [5, 5.41) is 0. The lowest BCUT2D eigenvalue weighted by atomic mass is 10.4. The Morgan fingerprint density at radius 3 is 2.86 bits per heavy atom. The highest BCUT2D eigenvalue weighted by Crippen LogP contribution is 2.36. The van der Waals surface area contributed by atoms with Gasteiger partial charge in [-0.1, -0.05) is 0 Å². The van der Waals surface area contributed by atoms with Crippen LogP contribution in [0.3, 0.4) is 0 Å². The second kappa shape index (κ2) is 5.30. The summed E-state index contributed by atoms with van der Waals surface area (Å²) < 4.78 is 22.8. The smallest absolute Gasteiger partial charge is 0.351 e. The predicted molar refractivity (Wildman–Crippen MR) is 75.2 cm³/mol. The Hall–Kier alpha value is -2.04. The summed E-state index contributed by atoms with van der Waals surface area (Å²) in [6.07, 6.45) is 2.39. The Bertz CT molecular complexity index is 785. The molecule has 1 aliphatic heterocycles. The van der Waals surface area contributed by atoms with Crippen LogP contribution in [0, 0.1) is 0 Å². The maximum Gasteiger partial charge on any atom is 0.351 e. The van der Waals surface area contributed by atoms with Crippen LogP contribution in [0.1, 0.15) is 6.23 Å². The third kappa shape index (κ3) is 2.93. The highest BCUT2D eigenvalue weighted by Gasteiger charge is 2.26. The zero-order chi connectivity index (χ0) is 15.9. The number of aromatic nitrogens is 4. The summed E-state index contributed by atoms with van der Waals surface area (Å²) in [4.78, 5) is 29.5. The molecule has 0 saturated carbocycles. The number of fused-ring (bicyclic) bond motifs is 1. The first-order valence-corrected chi connectivity index (χ1v) is 7.89. The number of nitrogen functional groups attached to an aromatic ring is 2. The van der Waals surface area contributed by atoms with E-state index in [0.29, 0.717) is 11.2 Å². The van der Waals surface area contributed by atoms with Crippen LogP contribution < -0.4 is 11.5 Å². The summed E-state index contributed by atoms with van der Waals surface area (Å²) in [5.74, 6) is 0.153. The van der Waals surface area contributed by atoms with Gasteiger partial charge in [0.25, 0.3) is 0 Å². The molecule has 2 aromatic heterocycles. The molecule has 0 aliphatic carbocycles. The van der Waals surface area contributed by atoms with Crippen LogP contribution in [0.2, 0.25) is 0 Å². The van der Waals surface area contributed by atoms with E-state index in [1.165, 1.54) is 12.4 Å². The first kappa shape index (κ1) is 14.9. The van der Waals surface area contributed by atoms with Gasteiger partial charge in [0, 0.05) is 0 Å². The van der Waals surface area contributed by atoms with Gasteiger partial charge >= 0.3 is 7.60 Å². The van der Waals surface area contributed by atoms with Gasteiger partial charge in [-0.25, -0.2) is 4.98 Å². The van der Waals surface area contributed by atoms with Crippen LogP contribution in [0.5, 0.6) is 0 Å². The second-order valence-electron chi connectivity index (χ2n) is 4.53. The molecule has 11 nitrogen and oxygen atoms in total. The molecule has 0 saturated heterocycles. The molecule has 12 heteroatoms. The van der Waals surface area contributed by atoms with Gasteiger partial charge in [0.1, 0.15) is 5.52 Å². The van der Waals surface area contributed by atoms with Crippen molar-refractivity contribution in [2.24, 2.45) is 0 Å². The lowest BCUT2D eigenvalue weighted by molar-refractivity contribution is -0.125. The average molecular weight is 328 g/mol. The maximum atomic E-state index is 10.8. The van der Waals surface area contributed by atoms with E-state index >= 15 is 0 Å². The van der Waals surface area contributed by atoms with E-state index in [9.17, 15) is 4.57 Å². The summed E-state index contributed by atoms with van der Waals surface area (Å²) >= 11 is 0. The molecule has 0 fully saturated rings. The molecule has 0 spiro atoms. The van der Waals surface area contributed by atoms with E-state index in [4.69, 9.17) is 30.7 Å². The van der Waals surface area contributed by atoms with Gasteiger partial charge in [0.05, 0.1) is 6.33 Å². The van der Waals surface area contributed by atoms with E-state index in [1.54, 1.807) is 10.6 Å². The third-order valence-corrected chi connectivity index (χ3v) is 3.34. The van der Waals surface area contributed by atoms with Crippen LogP contribution in [0.4, 0.5) is 11.8 Å². The number of imidazole rings is 1. The molecule has 0 bridgehead atoms. The monoisotopic (exact) mass is 328 g/mol. The standard InChI is InChI=1S/C10H13N6O5P/c11-8-7-9(15-10(12)14-8)16(3-13-7)5-1-2-6(21-5)20-4-22(17,18)19/h1-3,5-6H,4H2,(H2,17,18,19)(H4,11,12,14,15). The van der Waals surface area contributed by atoms with Crippen molar-refractivity contribution in [1.82, 2.24) is 19.5 Å². The van der Waals surface area contributed by atoms with E-state index in [1.807, 2.05) is 0 Å². The molecule has 2 atom stereocenters. The topological polar surface area (TPSA) is 172 Å². The lowest BCUT2D eigenvalue weighted by Crippen LogP contribution is -2.16. The quantitative estimate of drug-likeness (QED) is 0.425. The van der Waals surface area contributed by atoms with Crippen molar-refractivity contribution >= 4 is 30.5 Å². The maximum absolute atomic E-state index is 10.8. The Labute approximate surface area is 123 Å². The Kier molecular flexibility index (Phi) is 3.59. The van der Waals surface area contributed by atoms with Crippen molar-refractivity contribution in [1.29, 1.82) is 0 Å². The number of hydrogen-bond acceptors (Lipinski definition) is 8. The minimum absolute atomic E-state index is 0.00280. The zero-order valence-corrected chi connectivity index (χ0v) is 12.0. The van der Waals surface area contributed by atoms with Crippen LogP contribution in [0.25, 0.3) is 11.2 Å². The molecule has 118 valence electrons. The summed E-state index contributed by atoms with van der Waals surface area (Å²) in [7, 11) is -4.26. The van der Waals surface area contributed by atoms with E-state index in [-0.39, 0.29) is 11.8 Å². The predicted octanol–water partition coefficient (Wildman–Crippen LogP) is -0.446. The molecule has 2 unspecified atom stereocenters. The summed E-state index contributed by atoms with van der Waals surface area (Å²) in [6.45, 7) is 0. The molecule has 3 rings (SSSR count). The summed E-state index contributed by atoms with van der Waals surface area (Å²) in [6, 6.07) is 0. The van der Waals surface area contributed by atoms with Crippen LogP contribution >= 0.6 is 7.60 Å². The molecular formula is C10H13N6O5P. The van der Waals surface area contributed by atoms with Crippen molar-refractivity contribution in [3.63, 3.8) is 0 Å². The van der Waals surface area contributed by atoms with Crippen molar-refractivity contribution in [3.8, 4) is 0 Å². The Morgan fingerprint density at radius 1 is 1.36 bits per heavy atom. The molecule has 0 amide bonds. The average Bonchev–Trinajstić information content (AvgIpc) is 3.01. The Balaban J connectivity index is 1.79. The van der Waals surface area contributed by atoms with E-state index in [0.717, 1.165) is 0 Å². The molecular weight excluding hydrogens is 315 g/mol. The number of nitrogens with two attached hydrogens (primary N) is 2.